The summed E-state index contributed by atoms with van der Waals surface area (Å²) in [5.41, 5.74) is 0.507. The Hall–Kier alpha value is -1.43. The second-order valence-electron chi connectivity index (χ2n) is 4.86. The van der Waals surface area contributed by atoms with E-state index in [0.29, 0.717) is 18.3 Å². The summed E-state index contributed by atoms with van der Waals surface area (Å²) in [5, 5.41) is 3.35. The minimum absolute atomic E-state index is 0.128. The summed E-state index contributed by atoms with van der Waals surface area (Å²) in [5.74, 6) is -0.128. The van der Waals surface area contributed by atoms with Crippen LogP contribution in [-0.2, 0) is 0 Å². The van der Waals surface area contributed by atoms with Crippen molar-refractivity contribution in [1.82, 2.24) is 5.32 Å². The third kappa shape index (κ3) is 4.03. The van der Waals surface area contributed by atoms with E-state index in [9.17, 15) is 13.2 Å². The summed E-state index contributed by atoms with van der Waals surface area (Å²) in [7, 11) is 0. The molecule has 1 aliphatic heterocycles. The molecule has 0 amide bonds. The second kappa shape index (κ2) is 6.35. The molecule has 112 valence electrons. The van der Waals surface area contributed by atoms with Crippen LogP contribution in [0.3, 0.4) is 0 Å². The first-order chi connectivity index (χ1) is 9.49. The number of alkyl halides is 3. The molecule has 0 spiro atoms. The lowest BCUT2D eigenvalue weighted by Crippen LogP contribution is -2.45. The number of hydrogen-bond acceptors (Lipinski definition) is 3. The molecular weight excluding hydrogens is 269 g/mol. The average molecular weight is 288 g/mol. The molecule has 0 saturated carbocycles. The molecule has 1 aromatic rings. The van der Waals surface area contributed by atoms with E-state index in [-0.39, 0.29) is 5.75 Å². The Balaban J connectivity index is 2.15. The summed E-state index contributed by atoms with van der Waals surface area (Å²) in [6.07, 6.45) is -2.66. The number of ether oxygens (including phenoxy) is 1. The predicted molar refractivity (Wildman–Crippen MR) is 72.0 cm³/mol. The average Bonchev–Trinajstić information content (AvgIpc) is 2.38. The van der Waals surface area contributed by atoms with Crippen molar-refractivity contribution in [2.75, 3.05) is 24.5 Å². The zero-order valence-corrected chi connectivity index (χ0v) is 11.4. The number of piperidine rings is 1. The van der Waals surface area contributed by atoms with Gasteiger partial charge in [0.25, 0.3) is 0 Å². The van der Waals surface area contributed by atoms with Crippen LogP contribution in [-0.4, -0.2) is 32.0 Å². The molecule has 1 heterocycles. The molecule has 1 aliphatic rings. The first-order valence-corrected chi connectivity index (χ1v) is 6.82. The summed E-state index contributed by atoms with van der Waals surface area (Å²) >= 11 is 0. The highest BCUT2D eigenvalue weighted by Gasteiger charge is 2.33. The number of halogens is 3. The molecule has 20 heavy (non-hydrogen) atoms. The maximum Gasteiger partial charge on any atom is 0.573 e. The standard InChI is InChI=1S/C14H19F3N2O/c1-2-18-11-6-5-9-19(10-11)12-7-3-4-8-13(12)20-14(15,16)17/h3-4,7-8,11,18H,2,5-6,9-10H2,1H3. The van der Waals surface area contributed by atoms with Gasteiger partial charge in [0, 0.05) is 19.1 Å². The van der Waals surface area contributed by atoms with Gasteiger partial charge in [0.1, 0.15) is 0 Å². The molecule has 1 saturated heterocycles. The molecule has 0 aliphatic carbocycles. The van der Waals surface area contributed by atoms with Crippen LogP contribution in [0.1, 0.15) is 19.8 Å². The largest absolute Gasteiger partial charge is 0.573 e. The molecular formula is C14H19F3N2O. The van der Waals surface area contributed by atoms with Crippen LogP contribution in [0.2, 0.25) is 0 Å². The minimum Gasteiger partial charge on any atom is -0.404 e. The summed E-state index contributed by atoms with van der Waals surface area (Å²) in [4.78, 5) is 1.96. The number of benzene rings is 1. The van der Waals surface area contributed by atoms with E-state index in [1.165, 1.54) is 6.07 Å². The summed E-state index contributed by atoms with van der Waals surface area (Å²) in [6, 6.07) is 6.63. The van der Waals surface area contributed by atoms with Gasteiger partial charge in [0.15, 0.2) is 5.75 Å². The topological polar surface area (TPSA) is 24.5 Å². The van der Waals surface area contributed by atoms with Gasteiger partial charge in [-0.05, 0) is 31.5 Å². The van der Waals surface area contributed by atoms with Crippen molar-refractivity contribution in [2.45, 2.75) is 32.2 Å². The third-order valence-electron chi connectivity index (χ3n) is 3.35. The van der Waals surface area contributed by atoms with Gasteiger partial charge in [-0.1, -0.05) is 19.1 Å². The maximum atomic E-state index is 12.4. The normalized spacial score (nSPS) is 20.0. The predicted octanol–water partition coefficient (Wildman–Crippen LogP) is 3.16. The maximum absolute atomic E-state index is 12.4. The fourth-order valence-corrected chi connectivity index (χ4v) is 2.58. The molecule has 0 radical (unpaired) electrons. The van der Waals surface area contributed by atoms with Crippen molar-refractivity contribution in [3.05, 3.63) is 24.3 Å². The van der Waals surface area contributed by atoms with Gasteiger partial charge in [-0.2, -0.15) is 0 Å². The van der Waals surface area contributed by atoms with Crippen LogP contribution in [0.25, 0.3) is 0 Å². The zero-order chi connectivity index (χ0) is 14.6. The van der Waals surface area contributed by atoms with Crippen molar-refractivity contribution >= 4 is 5.69 Å². The van der Waals surface area contributed by atoms with Crippen LogP contribution in [0.5, 0.6) is 5.75 Å². The lowest BCUT2D eigenvalue weighted by molar-refractivity contribution is -0.274. The Labute approximate surface area is 116 Å². The van der Waals surface area contributed by atoms with E-state index in [0.717, 1.165) is 25.9 Å². The van der Waals surface area contributed by atoms with E-state index in [2.05, 4.69) is 10.1 Å². The molecule has 3 nitrogen and oxygen atoms in total. The fourth-order valence-electron chi connectivity index (χ4n) is 2.58. The summed E-state index contributed by atoms with van der Waals surface area (Å²) < 4.78 is 41.4. The SMILES string of the molecule is CCNC1CCCN(c2ccccc2OC(F)(F)F)C1. The monoisotopic (exact) mass is 288 g/mol. The Morgan fingerprint density at radius 2 is 2.10 bits per heavy atom. The number of hydrogen-bond donors (Lipinski definition) is 1. The molecule has 1 N–H and O–H groups in total. The van der Waals surface area contributed by atoms with Gasteiger partial charge >= 0.3 is 6.36 Å². The van der Waals surface area contributed by atoms with Crippen LogP contribution >= 0.6 is 0 Å². The molecule has 1 aromatic carbocycles. The van der Waals surface area contributed by atoms with E-state index >= 15 is 0 Å². The molecule has 1 fully saturated rings. The Morgan fingerprint density at radius 3 is 2.80 bits per heavy atom. The number of nitrogens with zero attached hydrogens (tertiary/aromatic N) is 1. The van der Waals surface area contributed by atoms with Crippen molar-refractivity contribution in [2.24, 2.45) is 0 Å². The number of para-hydroxylation sites is 2. The number of likely N-dealkylation sites (N-methyl/N-ethyl adjacent to an activating group) is 1. The van der Waals surface area contributed by atoms with Crippen molar-refractivity contribution in [1.29, 1.82) is 0 Å². The molecule has 2 rings (SSSR count). The number of anilines is 1. The smallest absolute Gasteiger partial charge is 0.404 e. The molecule has 6 heteroatoms. The van der Waals surface area contributed by atoms with Gasteiger partial charge in [-0.3, -0.25) is 0 Å². The Morgan fingerprint density at radius 1 is 1.35 bits per heavy atom. The van der Waals surface area contributed by atoms with Crippen LogP contribution in [0.15, 0.2) is 24.3 Å². The molecule has 0 bridgehead atoms. The zero-order valence-electron chi connectivity index (χ0n) is 11.4. The molecule has 0 aromatic heterocycles. The van der Waals surface area contributed by atoms with Gasteiger partial charge in [0.05, 0.1) is 5.69 Å². The van der Waals surface area contributed by atoms with Crippen LogP contribution in [0, 0.1) is 0 Å². The van der Waals surface area contributed by atoms with E-state index < -0.39 is 6.36 Å². The van der Waals surface area contributed by atoms with Gasteiger partial charge in [0.2, 0.25) is 0 Å². The van der Waals surface area contributed by atoms with Gasteiger partial charge < -0.3 is 15.0 Å². The lowest BCUT2D eigenvalue weighted by Gasteiger charge is -2.35. The molecule has 1 unspecified atom stereocenters. The highest BCUT2D eigenvalue weighted by Crippen LogP contribution is 2.34. The van der Waals surface area contributed by atoms with Gasteiger partial charge in [-0.25, -0.2) is 0 Å². The first kappa shape index (κ1) is 15.0. The Bertz CT molecular complexity index is 435. The molecule has 1 atom stereocenters. The second-order valence-corrected chi connectivity index (χ2v) is 4.86. The number of rotatable bonds is 4. The van der Waals surface area contributed by atoms with Gasteiger partial charge in [-0.15, -0.1) is 13.2 Å². The van der Waals surface area contributed by atoms with Crippen LogP contribution < -0.4 is 15.0 Å². The quantitative estimate of drug-likeness (QED) is 0.921. The highest BCUT2D eigenvalue weighted by atomic mass is 19.4. The minimum atomic E-state index is -4.66. The van der Waals surface area contributed by atoms with Crippen molar-refractivity contribution < 1.29 is 17.9 Å². The third-order valence-corrected chi connectivity index (χ3v) is 3.35. The van der Waals surface area contributed by atoms with Crippen molar-refractivity contribution in [3.8, 4) is 5.75 Å². The Kier molecular flexibility index (Phi) is 4.75. The fraction of sp³-hybridized carbons (Fsp3) is 0.571. The van der Waals surface area contributed by atoms with Crippen LogP contribution in [0.4, 0.5) is 18.9 Å². The van der Waals surface area contributed by atoms with E-state index in [1.54, 1.807) is 18.2 Å². The lowest BCUT2D eigenvalue weighted by atomic mass is 10.0. The van der Waals surface area contributed by atoms with Crippen molar-refractivity contribution in [3.63, 3.8) is 0 Å². The number of nitrogens with one attached hydrogen (secondary N) is 1. The first-order valence-electron chi connectivity index (χ1n) is 6.82. The summed E-state index contributed by atoms with van der Waals surface area (Å²) in [6.45, 7) is 4.34. The van der Waals surface area contributed by atoms with E-state index in [4.69, 9.17) is 0 Å². The van der Waals surface area contributed by atoms with E-state index in [1.807, 2.05) is 11.8 Å². The highest BCUT2D eigenvalue weighted by molar-refractivity contribution is 5.58.